The number of urea groups is 1. The highest BCUT2D eigenvalue weighted by molar-refractivity contribution is 9.10. The first-order chi connectivity index (χ1) is 13.0. The van der Waals surface area contributed by atoms with Crippen LogP contribution in [0.25, 0.3) is 6.08 Å². The van der Waals surface area contributed by atoms with E-state index < -0.39 is 17.8 Å². The lowest BCUT2D eigenvalue weighted by Gasteiger charge is -2.26. The SMILES string of the molecule is C#CCOc1ccc(/C=C2\C(=O)NC(=O)N(c3ccccc3)C2=O)cc1Br. The second-order valence-corrected chi connectivity index (χ2v) is 6.33. The topological polar surface area (TPSA) is 75.7 Å². The van der Waals surface area contributed by atoms with Crippen molar-refractivity contribution in [2.45, 2.75) is 0 Å². The van der Waals surface area contributed by atoms with E-state index in [2.05, 4.69) is 27.2 Å². The van der Waals surface area contributed by atoms with Crippen molar-refractivity contribution in [3.8, 4) is 18.1 Å². The van der Waals surface area contributed by atoms with Gasteiger partial charge in [-0.1, -0.05) is 30.2 Å². The fourth-order valence-corrected chi connectivity index (χ4v) is 2.99. The van der Waals surface area contributed by atoms with E-state index in [0.717, 1.165) is 4.90 Å². The largest absolute Gasteiger partial charge is 0.480 e. The molecule has 0 spiro atoms. The predicted octanol–water partition coefficient (Wildman–Crippen LogP) is 3.13. The van der Waals surface area contributed by atoms with E-state index in [9.17, 15) is 14.4 Å². The first kappa shape index (κ1) is 18.4. The summed E-state index contributed by atoms with van der Waals surface area (Å²) in [6.45, 7) is 0.119. The highest BCUT2D eigenvalue weighted by Crippen LogP contribution is 2.28. The molecule has 1 N–H and O–H groups in total. The number of carbonyl (C=O) groups excluding carboxylic acids is 3. The van der Waals surface area contributed by atoms with Crippen molar-refractivity contribution >= 4 is 45.5 Å². The Balaban J connectivity index is 1.94. The molecular weight excluding hydrogens is 412 g/mol. The molecule has 0 atom stereocenters. The second kappa shape index (κ2) is 7.89. The average Bonchev–Trinajstić information content (AvgIpc) is 2.65. The smallest absolute Gasteiger partial charge is 0.335 e. The second-order valence-electron chi connectivity index (χ2n) is 5.48. The van der Waals surface area contributed by atoms with E-state index >= 15 is 0 Å². The highest BCUT2D eigenvalue weighted by Gasteiger charge is 2.36. The van der Waals surface area contributed by atoms with Crippen LogP contribution in [-0.2, 0) is 9.59 Å². The van der Waals surface area contributed by atoms with Gasteiger partial charge in [0.25, 0.3) is 11.8 Å². The zero-order chi connectivity index (χ0) is 19.4. The molecule has 134 valence electrons. The van der Waals surface area contributed by atoms with Gasteiger partial charge < -0.3 is 4.74 Å². The number of benzene rings is 2. The molecule has 1 heterocycles. The summed E-state index contributed by atoms with van der Waals surface area (Å²) in [7, 11) is 0. The lowest BCUT2D eigenvalue weighted by Crippen LogP contribution is -2.54. The molecule has 1 fully saturated rings. The van der Waals surface area contributed by atoms with Gasteiger partial charge in [0.05, 0.1) is 10.2 Å². The summed E-state index contributed by atoms with van der Waals surface area (Å²) in [5.41, 5.74) is 0.802. The fraction of sp³-hybridized carbons (Fsp3) is 0.0500. The highest BCUT2D eigenvalue weighted by atomic mass is 79.9. The standard InChI is InChI=1S/C20H13BrN2O4/c1-2-10-27-17-9-8-13(12-16(17)21)11-15-18(24)22-20(26)23(19(15)25)14-6-4-3-5-7-14/h1,3-9,11-12H,10H2,(H,22,24,26)/b15-11+. The summed E-state index contributed by atoms with van der Waals surface area (Å²) in [4.78, 5) is 38.0. The summed E-state index contributed by atoms with van der Waals surface area (Å²) >= 11 is 3.36. The van der Waals surface area contributed by atoms with Crippen LogP contribution >= 0.6 is 15.9 Å². The van der Waals surface area contributed by atoms with Gasteiger partial charge >= 0.3 is 6.03 Å². The third-order valence-corrected chi connectivity index (χ3v) is 4.31. The Kier molecular flexibility index (Phi) is 5.38. The molecule has 4 amide bonds. The van der Waals surface area contributed by atoms with Crippen molar-refractivity contribution in [1.82, 2.24) is 5.32 Å². The molecule has 1 aliphatic heterocycles. The van der Waals surface area contributed by atoms with Crippen LogP contribution in [0.2, 0.25) is 0 Å². The van der Waals surface area contributed by atoms with Crippen molar-refractivity contribution in [2.75, 3.05) is 11.5 Å². The molecule has 0 aromatic heterocycles. The Labute approximate surface area is 163 Å². The van der Waals surface area contributed by atoms with Crippen LogP contribution in [0.4, 0.5) is 10.5 Å². The first-order valence-electron chi connectivity index (χ1n) is 7.83. The normalized spacial score (nSPS) is 15.5. The van der Waals surface area contributed by atoms with Gasteiger partial charge in [0.2, 0.25) is 0 Å². The van der Waals surface area contributed by atoms with Crippen LogP contribution in [0, 0.1) is 12.3 Å². The summed E-state index contributed by atoms with van der Waals surface area (Å²) in [5.74, 6) is 1.46. The number of barbiturate groups is 1. The minimum Gasteiger partial charge on any atom is -0.480 e. The quantitative estimate of drug-likeness (QED) is 0.464. The van der Waals surface area contributed by atoms with E-state index in [-0.39, 0.29) is 12.2 Å². The molecular formula is C20H13BrN2O4. The zero-order valence-electron chi connectivity index (χ0n) is 13.9. The third-order valence-electron chi connectivity index (χ3n) is 3.69. The van der Waals surface area contributed by atoms with Gasteiger partial charge in [-0.2, -0.15) is 0 Å². The van der Waals surface area contributed by atoms with Gasteiger partial charge in [0.1, 0.15) is 17.9 Å². The Morgan fingerprint density at radius 3 is 2.56 bits per heavy atom. The molecule has 7 heteroatoms. The van der Waals surface area contributed by atoms with Crippen molar-refractivity contribution in [1.29, 1.82) is 0 Å². The van der Waals surface area contributed by atoms with Crippen molar-refractivity contribution in [3.05, 3.63) is 64.1 Å². The van der Waals surface area contributed by atoms with Gasteiger partial charge in [0.15, 0.2) is 0 Å². The number of amides is 4. The van der Waals surface area contributed by atoms with Gasteiger partial charge in [0, 0.05) is 0 Å². The van der Waals surface area contributed by atoms with E-state index in [1.165, 1.54) is 6.08 Å². The fourth-order valence-electron chi connectivity index (χ4n) is 2.48. The van der Waals surface area contributed by atoms with E-state index in [1.54, 1.807) is 48.5 Å². The number of hydrogen-bond acceptors (Lipinski definition) is 4. The van der Waals surface area contributed by atoms with Gasteiger partial charge in [-0.3, -0.25) is 14.9 Å². The lowest BCUT2D eigenvalue weighted by molar-refractivity contribution is -0.122. The van der Waals surface area contributed by atoms with E-state index in [0.29, 0.717) is 21.5 Å². The molecule has 0 bridgehead atoms. The lowest BCUT2D eigenvalue weighted by atomic mass is 10.1. The van der Waals surface area contributed by atoms with Gasteiger partial charge in [-0.25, -0.2) is 9.69 Å². The Hall–Kier alpha value is -3.37. The minimum absolute atomic E-state index is 0.119. The number of halogens is 1. The molecule has 0 unspecified atom stereocenters. The summed E-state index contributed by atoms with van der Waals surface area (Å²) < 4.78 is 5.98. The van der Waals surface area contributed by atoms with Crippen molar-refractivity contribution in [2.24, 2.45) is 0 Å². The average molecular weight is 425 g/mol. The van der Waals surface area contributed by atoms with E-state index in [4.69, 9.17) is 11.2 Å². The molecule has 2 aromatic rings. The number of ether oxygens (including phenoxy) is 1. The zero-order valence-corrected chi connectivity index (χ0v) is 15.5. The maximum atomic E-state index is 12.8. The molecule has 0 radical (unpaired) electrons. The molecule has 0 aliphatic carbocycles. The van der Waals surface area contributed by atoms with E-state index in [1.807, 2.05) is 0 Å². The van der Waals surface area contributed by atoms with Gasteiger partial charge in [-0.05, 0) is 51.8 Å². The van der Waals surface area contributed by atoms with Crippen LogP contribution < -0.4 is 15.0 Å². The van der Waals surface area contributed by atoms with Crippen LogP contribution in [0.5, 0.6) is 5.75 Å². The summed E-state index contributed by atoms with van der Waals surface area (Å²) in [5, 5.41) is 2.18. The van der Waals surface area contributed by atoms with Crippen LogP contribution in [0.15, 0.2) is 58.6 Å². The number of carbonyl (C=O) groups is 3. The number of hydrogen-bond donors (Lipinski definition) is 1. The molecule has 1 aliphatic rings. The maximum Gasteiger partial charge on any atom is 0.335 e. The predicted molar refractivity (Wildman–Crippen MR) is 104 cm³/mol. The molecule has 2 aromatic carbocycles. The summed E-state index contributed by atoms with van der Waals surface area (Å²) in [6.07, 6.45) is 6.58. The first-order valence-corrected chi connectivity index (χ1v) is 8.63. The number of nitrogens with one attached hydrogen (secondary N) is 1. The summed E-state index contributed by atoms with van der Waals surface area (Å²) in [6, 6.07) is 12.6. The Morgan fingerprint density at radius 1 is 1.15 bits per heavy atom. The molecule has 1 saturated heterocycles. The minimum atomic E-state index is -0.785. The van der Waals surface area contributed by atoms with Crippen LogP contribution in [-0.4, -0.2) is 24.5 Å². The van der Waals surface area contributed by atoms with Crippen molar-refractivity contribution < 1.29 is 19.1 Å². The van der Waals surface area contributed by atoms with Gasteiger partial charge in [-0.15, -0.1) is 6.42 Å². The van der Waals surface area contributed by atoms with Crippen LogP contribution in [0.1, 0.15) is 5.56 Å². The maximum absolute atomic E-state index is 12.8. The van der Waals surface area contributed by atoms with Crippen molar-refractivity contribution in [3.63, 3.8) is 0 Å². The monoisotopic (exact) mass is 424 g/mol. The number of para-hydroxylation sites is 1. The molecule has 6 nitrogen and oxygen atoms in total. The molecule has 27 heavy (non-hydrogen) atoms. The Morgan fingerprint density at radius 2 is 1.89 bits per heavy atom. The molecule has 3 rings (SSSR count). The third kappa shape index (κ3) is 3.91. The molecule has 0 saturated carbocycles. The van der Waals surface area contributed by atoms with Crippen LogP contribution in [0.3, 0.4) is 0 Å². The number of rotatable bonds is 4. The Bertz CT molecular complexity index is 993. The number of nitrogens with zero attached hydrogens (tertiary/aromatic N) is 1. The number of anilines is 1. The number of terminal acetylenes is 1. The number of imide groups is 2.